The predicted octanol–water partition coefficient (Wildman–Crippen LogP) is 26.6. The Bertz CT molecular complexity index is 6430. The summed E-state index contributed by atoms with van der Waals surface area (Å²) in [6.07, 6.45) is 0. The van der Waals surface area contributed by atoms with Crippen molar-refractivity contribution in [3.8, 4) is 89.0 Å². The summed E-state index contributed by atoms with van der Waals surface area (Å²) in [6.45, 7) is -0.293. The molecule has 3 nitrogen and oxygen atoms in total. The molecule has 0 bridgehead atoms. The zero-order chi connectivity index (χ0) is 71.2. The molecule has 0 saturated carbocycles. The van der Waals surface area contributed by atoms with Gasteiger partial charge in [0.15, 0.2) is 0 Å². The summed E-state index contributed by atoms with van der Waals surface area (Å²) in [6, 6.07) is 154. The van der Waals surface area contributed by atoms with Gasteiger partial charge < -0.3 is 14.7 Å². The minimum Gasteiger partial charge on any atom is -0.310 e. The summed E-state index contributed by atoms with van der Waals surface area (Å²) in [5.74, 6) is 0. The van der Waals surface area contributed by atoms with Gasteiger partial charge in [0.2, 0.25) is 0 Å². The van der Waals surface area contributed by atoms with Gasteiger partial charge in [0.05, 0.1) is 17.1 Å². The van der Waals surface area contributed by atoms with E-state index >= 15 is 0 Å². The molecule has 0 aliphatic carbocycles. The van der Waals surface area contributed by atoms with Gasteiger partial charge in [-0.05, 0) is 175 Å². The maximum absolute atomic E-state index is 2.71. The first-order valence-corrected chi connectivity index (χ1v) is 37.4. The predicted molar refractivity (Wildman–Crippen MR) is 460 cm³/mol. The zero-order valence-electron chi connectivity index (χ0n) is 59.2. The average Bonchev–Trinajstić information content (AvgIpc) is 0.691. The van der Waals surface area contributed by atoms with Crippen molar-refractivity contribution >= 4 is 117 Å². The lowest BCUT2D eigenvalue weighted by Crippen LogP contribution is -2.61. The lowest BCUT2D eigenvalue weighted by Gasteiger charge is -2.46. The van der Waals surface area contributed by atoms with E-state index in [9.17, 15) is 0 Å². The fourth-order valence-corrected chi connectivity index (χ4v) is 17.8. The summed E-state index contributed by atoms with van der Waals surface area (Å²) in [5, 5.41) is 10.1. The summed E-state index contributed by atoms with van der Waals surface area (Å²) in [7, 11) is 0. The van der Waals surface area contributed by atoms with Gasteiger partial charge >= 0.3 is 0 Å². The Morgan fingerprint density at radius 3 is 1.03 bits per heavy atom. The topological polar surface area (TPSA) is 9.72 Å². The Morgan fingerprint density at radius 1 is 0.194 bits per heavy atom. The Morgan fingerprint density at radius 2 is 0.565 bits per heavy atom. The van der Waals surface area contributed by atoms with E-state index in [-0.39, 0.29) is 6.71 Å². The lowest BCUT2D eigenvalue weighted by molar-refractivity contribution is 1.23. The van der Waals surface area contributed by atoms with E-state index in [4.69, 9.17) is 0 Å². The van der Waals surface area contributed by atoms with Crippen LogP contribution < -0.4 is 31.1 Å². The average molecular weight is 1370 g/mol. The van der Waals surface area contributed by atoms with Crippen molar-refractivity contribution in [1.29, 1.82) is 0 Å². The SMILES string of the molecule is c1ccc(-c2ccc(N(c3ccc(-c4ccccc4)cc3)c3cc4c5c(c3)N(c3c(-c6ccccc6)cccc3-c3ccccc3)c3cc(-c6ccc7cccc8c9cccc%10cccc(c6c78)c%109)ccc3B5c3cc(-c5ccccc5)ccc3N4c3c(-c4ccccc4)cccc3-c3ccccc3)cc2)cc1. The Hall–Kier alpha value is -14.1. The van der Waals surface area contributed by atoms with Crippen molar-refractivity contribution in [1.82, 2.24) is 0 Å². The molecule has 4 heteroatoms. The van der Waals surface area contributed by atoms with Crippen LogP contribution in [0.5, 0.6) is 0 Å². The van der Waals surface area contributed by atoms with E-state index in [2.05, 4.69) is 427 Å². The van der Waals surface area contributed by atoms with Crippen molar-refractivity contribution in [3.63, 3.8) is 0 Å². The largest absolute Gasteiger partial charge is 0.310 e. The number of hydrogen-bond donors (Lipinski definition) is 0. The number of hydrogen-bond acceptors (Lipinski definition) is 3. The highest BCUT2D eigenvalue weighted by atomic mass is 15.2. The Kier molecular flexibility index (Phi) is 15.0. The first-order valence-electron chi connectivity index (χ1n) is 37.4. The molecule has 0 atom stereocenters. The van der Waals surface area contributed by atoms with Crippen molar-refractivity contribution in [2.75, 3.05) is 14.7 Å². The van der Waals surface area contributed by atoms with E-state index in [0.717, 1.165) is 124 Å². The van der Waals surface area contributed by atoms with Crippen LogP contribution in [0.2, 0.25) is 0 Å². The minimum absolute atomic E-state index is 0.293. The van der Waals surface area contributed by atoms with E-state index < -0.39 is 0 Å². The van der Waals surface area contributed by atoms with Crippen LogP contribution in [0.25, 0.3) is 132 Å². The molecule has 0 aromatic heterocycles. The normalized spacial score (nSPS) is 12.2. The van der Waals surface area contributed by atoms with E-state index in [1.807, 2.05) is 0 Å². The molecular weight excluding hydrogens is 1300 g/mol. The molecule has 19 aromatic carbocycles. The second kappa shape index (κ2) is 26.0. The molecule has 2 aliphatic rings. The smallest absolute Gasteiger partial charge is 0.252 e. The van der Waals surface area contributed by atoms with Gasteiger partial charge in [-0.15, -0.1) is 0 Å². The first-order chi connectivity index (χ1) is 53.6. The molecule has 2 heterocycles. The van der Waals surface area contributed by atoms with Crippen LogP contribution in [0.15, 0.2) is 413 Å². The third-order valence-electron chi connectivity index (χ3n) is 22.6. The second-order valence-electron chi connectivity index (χ2n) is 28.5. The lowest BCUT2D eigenvalue weighted by atomic mass is 9.33. The van der Waals surface area contributed by atoms with Crippen molar-refractivity contribution in [2.45, 2.75) is 0 Å². The Balaban J connectivity index is 0.935. The van der Waals surface area contributed by atoms with Gasteiger partial charge in [-0.2, -0.15) is 0 Å². The summed E-state index contributed by atoms with van der Waals surface area (Å²) in [5.41, 5.74) is 31.5. The molecule has 0 spiro atoms. The molecule has 21 rings (SSSR count). The quantitative estimate of drug-likeness (QED) is 0.0647. The van der Waals surface area contributed by atoms with E-state index in [0.29, 0.717) is 0 Å². The molecular formula is C104H68BN3. The van der Waals surface area contributed by atoms with Gasteiger partial charge in [-0.25, -0.2) is 0 Å². The number of fused-ring (bicyclic) bond motifs is 6. The first kappa shape index (κ1) is 62.5. The van der Waals surface area contributed by atoms with Crippen molar-refractivity contribution in [2.24, 2.45) is 0 Å². The minimum atomic E-state index is -0.293. The standard InChI is InChI=1S/C104H68BN3/c1-8-27-69(28-9-1)72-51-58-82(59-52-72)106(83-60-53-73(54-61-83)70-29-10-2-11-30-70)84-67-97-102-98(68-84)108(104-88(76-37-18-6-19-38-76)46-26-47-89(104)77-39-20-7-21-40-77)96-66-81(85-62-55-79-43-23-49-91-90-48-22-41-78-42-24-50-92(99(78)90)101(85)100(79)91)56-63-93(96)105(102)94-65-80(71-31-12-3-13-32-71)57-64-95(94)107(97)103-86(74-33-14-4-15-34-74)44-25-45-87(103)75-35-16-5-17-36-75/h1-68H. The fraction of sp³-hybridized carbons (Fsp3) is 0. The van der Waals surface area contributed by atoms with Crippen LogP contribution in [0.1, 0.15) is 0 Å². The highest BCUT2D eigenvalue weighted by Gasteiger charge is 2.46. The number of nitrogens with zero attached hydrogens (tertiary/aromatic N) is 3. The third kappa shape index (κ3) is 10.4. The summed E-state index contributed by atoms with van der Waals surface area (Å²) >= 11 is 0. The summed E-state index contributed by atoms with van der Waals surface area (Å²) in [4.78, 5) is 7.87. The molecule has 2 aliphatic heterocycles. The van der Waals surface area contributed by atoms with Crippen molar-refractivity contribution in [3.05, 3.63) is 413 Å². The number of para-hydroxylation sites is 2. The molecule has 0 saturated heterocycles. The van der Waals surface area contributed by atoms with Crippen molar-refractivity contribution < 1.29 is 0 Å². The molecule has 0 fully saturated rings. The molecule has 19 aromatic rings. The third-order valence-corrected chi connectivity index (χ3v) is 22.6. The molecule has 502 valence electrons. The maximum Gasteiger partial charge on any atom is 0.252 e. The number of anilines is 9. The zero-order valence-corrected chi connectivity index (χ0v) is 59.2. The van der Waals surface area contributed by atoms with Gasteiger partial charge in [-0.1, -0.05) is 364 Å². The highest BCUT2D eigenvalue weighted by Crippen LogP contribution is 2.56. The molecule has 0 N–H and O–H groups in total. The van der Waals surface area contributed by atoms with Gasteiger partial charge in [0.1, 0.15) is 0 Å². The van der Waals surface area contributed by atoms with Crippen LogP contribution in [0.3, 0.4) is 0 Å². The second-order valence-corrected chi connectivity index (χ2v) is 28.5. The number of rotatable bonds is 13. The van der Waals surface area contributed by atoms with Gasteiger partial charge in [0, 0.05) is 56.4 Å². The van der Waals surface area contributed by atoms with Crippen LogP contribution in [-0.4, -0.2) is 6.71 Å². The molecule has 108 heavy (non-hydrogen) atoms. The van der Waals surface area contributed by atoms with Crippen LogP contribution >= 0.6 is 0 Å². The summed E-state index contributed by atoms with van der Waals surface area (Å²) < 4.78 is 0. The van der Waals surface area contributed by atoms with Crippen LogP contribution in [-0.2, 0) is 0 Å². The monoisotopic (exact) mass is 1370 g/mol. The van der Waals surface area contributed by atoms with Gasteiger partial charge in [0.25, 0.3) is 6.71 Å². The fourth-order valence-electron chi connectivity index (χ4n) is 17.8. The van der Waals surface area contributed by atoms with Crippen LogP contribution in [0.4, 0.5) is 51.2 Å². The van der Waals surface area contributed by atoms with Crippen LogP contribution in [0, 0.1) is 0 Å². The Labute approximate surface area is 629 Å². The molecule has 0 unspecified atom stereocenters. The van der Waals surface area contributed by atoms with E-state index in [1.54, 1.807) is 0 Å². The number of benzene rings is 19. The van der Waals surface area contributed by atoms with Gasteiger partial charge in [-0.3, -0.25) is 0 Å². The maximum atomic E-state index is 2.71. The molecule has 0 radical (unpaired) electrons. The van der Waals surface area contributed by atoms with E-state index in [1.165, 1.54) is 76.2 Å². The molecule has 0 amide bonds. The highest BCUT2D eigenvalue weighted by molar-refractivity contribution is 7.00.